The Morgan fingerprint density at radius 1 is 1.17 bits per heavy atom. The third-order valence-electron chi connectivity index (χ3n) is 4.03. The van der Waals surface area contributed by atoms with Crippen LogP contribution in [0.5, 0.6) is 11.5 Å². The van der Waals surface area contributed by atoms with E-state index in [4.69, 9.17) is 9.47 Å². The van der Waals surface area contributed by atoms with E-state index in [9.17, 15) is 4.79 Å². The first-order valence-electron chi connectivity index (χ1n) is 7.85. The van der Waals surface area contributed by atoms with Gasteiger partial charge in [0.25, 0.3) is 0 Å². The number of carbonyl (C=O) groups excluding carboxylic acids is 1. The van der Waals surface area contributed by atoms with Crippen LogP contribution in [0.15, 0.2) is 48.7 Å². The molecule has 0 aliphatic carbocycles. The summed E-state index contributed by atoms with van der Waals surface area (Å²) >= 11 is 0. The Labute approximate surface area is 139 Å². The molecule has 1 N–H and O–H groups in total. The molecule has 1 aliphatic rings. The van der Waals surface area contributed by atoms with Crippen molar-refractivity contribution in [2.45, 2.75) is 19.5 Å². The van der Waals surface area contributed by atoms with Crippen molar-refractivity contribution in [2.24, 2.45) is 0 Å². The number of rotatable bonds is 5. The van der Waals surface area contributed by atoms with Gasteiger partial charge in [0.2, 0.25) is 12.7 Å². The van der Waals surface area contributed by atoms with Crippen LogP contribution in [-0.4, -0.2) is 22.5 Å². The lowest BCUT2D eigenvalue weighted by atomic mass is 10.2. The third-order valence-corrected chi connectivity index (χ3v) is 4.03. The molecule has 0 spiro atoms. The number of para-hydroxylation sites is 1. The van der Waals surface area contributed by atoms with Crippen molar-refractivity contribution in [1.29, 1.82) is 0 Å². The van der Waals surface area contributed by atoms with Crippen LogP contribution >= 0.6 is 0 Å². The first-order valence-corrected chi connectivity index (χ1v) is 7.85. The highest BCUT2D eigenvalue weighted by Gasteiger charge is 2.13. The first-order chi connectivity index (χ1) is 11.8. The Morgan fingerprint density at radius 2 is 2.04 bits per heavy atom. The molecule has 2 aromatic carbocycles. The van der Waals surface area contributed by atoms with E-state index in [1.807, 2.05) is 53.3 Å². The topological polar surface area (TPSA) is 65.4 Å². The lowest BCUT2D eigenvalue weighted by molar-refractivity contribution is -0.121. The second-order valence-electron chi connectivity index (χ2n) is 5.64. The standard InChI is InChI=1S/C18H17N3O3/c22-18(7-8-21-15-4-2-1-3-14(15)11-20-21)19-10-13-5-6-16-17(9-13)24-12-23-16/h1-6,9,11H,7-8,10,12H2,(H,19,22). The van der Waals surface area contributed by atoms with Crippen LogP contribution in [0.4, 0.5) is 0 Å². The number of benzene rings is 2. The summed E-state index contributed by atoms with van der Waals surface area (Å²) in [4.78, 5) is 12.1. The Bertz CT molecular complexity index is 888. The van der Waals surface area contributed by atoms with Gasteiger partial charge in [-0.25, -0.2) is 0 Å². The number of carbonyl (C=O) groups is 1. The first kappa shape index (κ1) is 14.6. The zero-order valence-corrected chi connectivity index (χ0v) is 13.1. The molecule has 0 radical (unpaired) electrons. The van der Waals surface area contributed by atoms with Crippen LogP contribution in [0.25, 0.3) is 10.9 Å². The Hall–Kier alpha value is -3.02. The minimum absolute atomic E-state index is 0.00718. The maximum absolute atomic E-state index is 12.1. The van der Waals surface area contributed by atoms with Gasteiger partial charge in [0.15, 0.2) is 11.5 Å². The van der Waals surface area contributed by atoms with Crippen LogP contribution in [0.3, 0.4) is 0 Å². The average molecular weight is 323 g/mol. The van der Waals surface area contributed by atoms with Crippen LogP contribution in [0.2, 0.25) is 0 Å². The van der Waals surface area contributed by atoms with E-state index < -0.39 is 0 Å². The molecule has 2 heterocycles. The van der Waals surface area contributed by atoms with Gasteiger partial charge < -0.3 is 14.8 Å². The maximum atomic E-state index is 12.1. The van der Waals surface area contributed by atoms with Crippen molar-refractivity contribution in [2.75, 3.05) is 6.79 Å². The molecule has 122 valence electrons. The van der Waals surface area contributed by atoms with Crippen molar-refractivity contribution < 1.29 is 14.3 Å². The summed E-state index contributed by atoms with van der Waals surface area (Å²) in [6.07, 6.45) is 2.20. The number of nitrogens with zero attached hydrogens (tertiary/aromatic N) is 2. The van der Waals surface area contributed by atoms with Gasteiger partial charge in [-0.3, -0.25) is 9.48 Å². The number of hydrogen-bond donors (Lipinski definition) is 1. The Morgan fingerprint density at radius 3 is 3.00 bits per heavy atom. The second kappa shape index (κ2) is 6.23. The SMILES string of the molecule is O=C(CCn1ncc2ccccc21)NCc1ccc2c(c1)OCO2. The van der Waals surface area contributed by atoms with E-state index in [1.54, 1.807) is 0 Å². The number of amides is 1. The molecular weight excluding hydrogens is 306 g/mol. The lowest BCUT2D eigenvalue weighted by Gasteiger charge is -2.07. The fraction of sp³-hybridized carbons (Fsp3) is 0.222. The molecule has 0 bridgehead atoms. The van der Waals surface area contributed by atoms with Crippen molar-refractivity contribution in [3.8, 4) is 11.5 Å². The number of aryl methyl sites for hydroxylation is 1. The highest BCUT2D eigenvalue weighted by molar-refractivity contribution is 5.79. The number of fused-ring (bicyclic) bond motifs is 2. The van der Waals surface area contributed by atoms with Crippen LogP contribution in [-0.2, 0) is 17.9 Å². The summed E-state index contributed by atoms with van der Waals surface area (Å²) < 4.78 is 12.5. The van der Waals surface area contributed by atoms with E-state index in [-0.39, 0.29) is 12.7 Å². The number of ether oxygens (including phenoxy) is 2. The van der Waals surface area contributed by atoms with Crippen LogP contribution in [0.1, 0.15) is 12.0 Å². The number of hydrogen-bond acceptors (Lipinski definition) is 4. The predicted octanol–water partition coefficient (Wildman–Crippen LogP) is 2.47. The van der Waals surface area contributed by atoms with Crippen molar-refractivity contribution in [3.63, 3.8) is 0 Å². The molecule has 0 fully saturated rings. The zero-order chi connectivity index (χ0) is 16.4. The minimum atomic E-state index is -0.00718. The molecule has 24 heavy (non-hydrogen) atoms. The fourth-order valence-electron chi connectivity index (χ4n) is 2.75. The summed E-state index contributed by atoms with van der Waals surface area (Å²) in [6, 6.07) is 13.6. The molecular formula is C18H17N3O3. The monoisotopic (exact) mass is 323 g/mol. The van der Waals surface area contributed by atoms with Crippen molar-refractivity contribution >= 4 is 16.8 Å². The molecule has 6 heteroatoms. The van der Waals surface area contributed by atoms with Gasteiger partial charge in [-0.2, -0.15) is 5.10 Å². The maximum Gasteiger partial charge on any atom is 0.231 e. The molecule has 0 saturated heterocycles. The van der Waals surface area contributed by atoms with E-state index in [1.165, 1.54) is 0 Å². The smallest absolute Gasteiger partial charge is 0.231 e. The van der Waals surface area contributed by atoms with Gasteiger partial charge in [-0.05, 0) is 23.8 Å². The summed E-state index contributed by atoms with van der Waals surface area (Å²) in [6.45, 7) is 1.28. The lowest BCUT2D eigenvalue weighted by Crippen LogP contribution is -2.24. The highest BCUT2D eigenvalue weighted by Crippen LogP contribution is 2.32. The third kappa shape index (κ3) is 2.90. The van der Waals surface area contributed by atoms with E-state index in [2.05, 4.69) is 10.4 Å². The zero-order valence-electron chi connectivity index (χ0n) is 13.1. The summed E-state index contributed by atoms with van der Waals surface area (Å²) in [5, 5.41) is 8.34. The Balaban J connectivity index is 1.32. The van der Waals surface area contributed by atoms with Crippen molar-refractivity contribution in [3.05, 3.63) is 54.2 Å². The van der Waals surface area contributed by atoms with Gasteiger partial charge in [0.05, 0.1) is 18.3 Å². The molecule has 3 aromatic rings. The van der Waals surface area contributed by atoms with Crippen molar-refractivity contribution in [1.82, 2.24) is 15.1 Å². The predicted molar refractivity (Wildman–Crippen MR) is 88.8 cm³/mol. The normalized spacial score (nSPS) is 12.5. The summed E-state index contributed by atoms with van der Waals surface area (Å²) in [5.41, 5.74) is 2.03. The van der Waals surface area contributed by atoms with Gasteiger partial charge >= 0.3 is 0 Å². The molecule has 4 rings (SSSR count). The molecule has 1 aromatic heterocycles. The quantitative estimate of drug-likeness (QED) is 0.783. The molecule has 0 atom stereocenters. The van der Waals surface area contributed by atoms with Crippen LogP contribution in [0, 0.1) is 0 Å². The summed E-state index contributed by atoms with van der Waals surface area (Å²) in [5.74, 6) is 1.47. The van der Waals surface area contributed by atoms with E-state index in [0.717, 1.165) is 28.0 Å². The second-order valence-corrected chi connectivity index (χ2v) is 5.64. The summed E-state index contributed by atoms with van der Waals surface area (Å²) in [7, 11) is 0. The fourth-order valence-corrected chi connectivity index (χ4v) is 2.75. The largest absolute Gasteiger partial charge is 0.454 e. The highest BCUT2D eigenvalue weighted by atomic mass is 16.7. The minimum Gasteiger partial charge on any atom is -0.454 e. The molecule has 0 unspecified atom stereocenters. The molecule has 0 saturated carbocycles. The van der Waals surface area contributed by atoms with E-state index >= 15 is 0 Å². The Kier molecular flexibility index (Phi) is 3.78. The van der Waals surface area contributed by atoms with E-state index in [0.29, 0.717) is 19.5 Å². The van der Waals surface area contributed by atoms with Crippen LogP contribution < -0.4 is 14.8 Å². The average Bonchev–Trinajstić information content (AvgIpc) is 3.24. The number of nitrogens with one attached hydrogen (secondary N) is 1. The van der Waals surface area contributed by atoms with Gasteiger partial charge in [0, 0.05) is 18.4 Å². The molecule has 6 nitrogen and oxygen atoms in total. The number of aromatic nitrogens is 2. The van der Waals surface area contributed by atoms with Gasteiger partial charge in [-0.1, -0.05) is 24.3 Å². The molecule has 1 amide bonds. The molecule has 1 aliphatic heterocycles. The van der Waals surface area contributed by atoms with Gasteiger partial charge in [0.1, 0.15) is 0 Å². The van der Waals surface area contributed by atoms with Gasteiger partial charge in [-0.15, -0.1) is 0 Å².